The molecular weight excluding hydrogens is 212 g/mol. The van der Waals surface area contributed by atoms with Gasteiger partial charge in [0, 0.05) is 11.8 Å². The highest BCUT2D eigenvalue weighted by Crippen LogP contribution is 2.27. The predicted octanol–water partition coefficient (Wildman–Crippen LogP) is 2.03. The average molecular weight is 228 g/mol. The fourth-order valence-electron chi connectivity index (χ4n) is 2.47. The van der Waals surface area contributed by atoms with E-state index in [1.807, 2.05) is 12.3 Å². The van der Waals surface area contributed by atoms with Crippen LogP contribution in [0.15, 0.2) is 30.5 Å². The maximum absolute atomic E-state index is 8.87. The van der Waals surface area contributed by atoms with Crippen molar-refractivity contribution >= 4 is 0 Å². The lowest BCUT2D eigenvalue weighted by Gasteiger charge is -2.02. The van der Waals surface area contributed by atoms with E-state index in [2.05, 4.69) is 23.3 Å². The number of fused-ring (bicyclic) bond motifs is 1. The number of aliphatic hydroxyl groups excluding tert-OH is 1. The second-order valence-corrected chi connectivity index (χ2v) is 4.52. The molecule has 0 bridgehead atoms. The van der Waals surface area contributed by atoms with E-state index in [4.69, 9.17) is 5.11 Å². The molecule has 1 N–H and O–H groups in total. The molecular formula is C14H16N2O. The number of benzene rings is 1. The van der Waals surface area contributed by atoms with Gasteiger partial charge >= 0.3 is 0 Å². The van der Waals surface area contributed by atoms with Crippen LogP contribution in [0, 0.1) is 0 Å². The smallest absolute Gasteiger partial charge is 0.0923 e. The number of hydrogen-bond acceptors (Lipinski definition) is 2. The Balaban J connectivity index is 1.92. The van der Waals surface area contributed by atoms with Gasteiger partial charge in [-0.1, -0.05) is 12.1 Å². The minimum atomic E-state index is 0.130. The van der Waals surface area contributed by atoms with Crippen molar-refractivity contribution in [1.82, 2.24) is 9.78 Å². The summed E-state index contributed by atoms with van der Waals surface area (Å²) in [5.41, 5.74) is 5.14. The van der Waals surface area contributed by atoms with Gasteiger partial charge < -0.3 is 5.11 Å². The van der Waals surface area contributed by atoms with Crippen LogP contribution >= 0.6 is 0 Å². The number of aliphatic hydroxyl groups is 1. The molecule has 3 rings (SSSR count). The lowest BCUT2D eigenvalue weighted by Crippen LogP contribution is -2.02. The number of hydrogen-bond donors (Lipinski definition) is 1. The fourth-order valence-corrected chi connectivity index (χ4v) is 2.47. The highest BCUT2D eigenvalue weighted by molar-refractivity contribution is 5.61. The summed E-state index contributed by atoms with van der Waals surface area (Å²) in [4.78, 5) is 0. The Morgan fingerprint density at radius 2 is 2.06 bits per heavy atom. The summed E-state index contributed by atoms with van der Waals surface area (Å²) in [7, 11) is 0. The lowest BCUT2D eigenvalue weighted by atomic mass is 10.0. The first-order valence-electron chi connectivity index (χ1n) is 6.13. The monoisotopic (exact) mass is 228 g/mol. The Hall–Kier alpha value is -1.61. The van der Waals surface area contributed by atoms with Gasteiger partial charge in [0.15, 0.2) is 0 Å². The van der Waals surface area contributed by atoms with Gasteiger partial charge in [0.1, 0.15) is 0 Å². The third-order valence-electron chi connectivity index (χ3n) is 3.36. The Labute approximate surface area is 101 Å². The van der Waals surface area contributed by atoms with Crippen molar-refractivity contribution in [3.63, 3.8) is 0 Å². The quantitative estimate of drug-likeness (QED) is 0.873. The second-order valence-electron chi connectivity index (χ2n) is 4.52. The summed E-state index contributed by atoms with van der Waals surface area (Å²) >= 11 is 0. The summed E-state index contributed by atoms with van der Waals surface area (Å²) in [6.45, 7) is 0.691. The molecule has 0 saturated heterocycles. The van der Waals surface area contributed by atoms with Gasteiger partial charge in [0.25, 0.3) is 0 Å². The zero-order valence-corrected chi connectivity index (χ0v) is 9.76. The molecule has 3 nitrogen and oxygen atoms in total. The highest BCUT2D eigenvalue weighted by atomic mass is 16.3. The first-order valence-corrected chi connectivity index (χ1v) is 6.13. The van der Waals surface area contributed by atoms with E-state index in [1.165, 1.54) is 36.0 Å². The van der Waals surface area contributed by atoms with Crippen molar-refractivity contribution in [2.24, 2.45) is 0 Å². The molecule has 0 saturated carbocycles. The van der Waals surface area contributed by atoms with Crippen molar-refractivity contribution < 1.29 is 5.11 Å². The summed E-state index contributed by atoms with van der Waals surface area (Å²) in [6, 6.07) is 8.64. The largest absolute Gasteiger partial charge is 0.394 e. The summed E-state index contributed by atoms with van der Waals surface area (Å²) in [5.74, 6) is 0. The number of aromatic nitrogens is 2. The standard InChI is InChI=1S/C14H16N2O/c17-9-8-16-7-6-14(15-16)13-5-4-11-2-1-3-12(11)10-13/h4-7,10,17H,1-3,8-9H2. The van der Waals surface area contributed by atoms with Gasteiger partial charge in [-0.15, -0.1) is 0 Å². The predicted molar refractivity (Wildman–Crippen MR) is 66.8 cm³/mol. The van der Waals surface area contributed by atoms with Crippen LogP contribution < -0.4 is 0 Å². The van der Waals surface area contributed by atoms with Crippen molar-refractivity contribution in [2.45, 2.75) is 25.8 Å². The van der Waals surface area contributed by atoms with E-state index in [0.717, 1.165) is 5.69 Å². The molecule has 1 aliphatic carbocycles. The summed E-state index contributed by atoms with van der Waals surface area (Å²) in [6.07, 6.45) is 5.60. The molecule has 0 aliphatic heterocycles. The first kappa shape index (κ1) is 10.5. The van der Waals surface area contributed by atoms with Gasteiger partial charge in [0.05, 0.1) is 18.8 Å². The van der Waals surface area contributed by atoms with Crippen molar-refractivity contribution in [3.05, 3.63) is 41.6 Å². The van der Waals surface area contributed by atoms with E-state index >= 15 is 0 Å². The van der Waals surface area contributed by atoms with Gasteiger partial charge in [-0.25, -0.2) is 0 Å². The maximum Gasteiger partial charge on any atom is 0.0923 e. The minimum Gasteiger partial charge on any atom is -0.394 e. The molecule has 0 spiro atoms. The summed E-state index contributed by atoms with van der Waals surface area (Å²) < 4.78 is 1.78. The van der Waals surface area contributed by atoms with Crippen LogP contribution in [-0.2, 0) is 19.4 Å². The first-order chi connectivity index (χ1) is 8.36. The molecule has 0 amide bonds. The SMILES string of the molecule is OCCn1ccc(-c2ccc3c(c2)CCC3)n1. The molecule has 2 aromatic rings. The molecule has 1 aromatic carbocycles. The van der Waals surface area contributed by atoms with Crippen molar-refractivity contribution in [1.29, 1.82) is 0 Å². The Bertz CT molecular complexity index is 531. The van der Waals surface area contributed by atoms with Crippen LogP contribution in [0.4, 0.5) is 0 Å². The Kier molecular flexibility index (Phi) is 2.69. The highest BCUT2D eigenvalue weighted by Gasteiger charge is 2.12. The van der Waals surface area contributed by atoms with Crippen molar-refractivity contribution in [2.75, 3.05) is 6.61 Å². The van der Waals surface area contributed by atoms with Gasteiger partial charge in [-0.05, 0) is 42.5 Å². The topological polar surface area (TPSA) is 38.0 Å². The van der Waals surface area contributed by atoms with Crippen LogP contribution in [0.2, 0.25) is 0 Å². The zero-order chi connectivity index (χ0) is 11.7. The van der Waals surface area contributed by atoms with Gasteiger partial charge in [0.2, 0.25) is 0 Å². The third-order valence-corrected chi connectivity index (χ3v) is 3.36. The molecule has 17 heavy (non-hydrogen) atoms. The Morgan fingerprint density at radius 1 is 1.18 bits per heavy atom. The fraction of sp³-hybridized carbons (Fsp3) is 0.357. The summed E-state index contributed by atoms with van der Waals surface area (Å²) in [5, 5.41) is 13.3. The lowest BCUT2D eigenvalue weighted by molar-refractivity contribution is 0.269. The molecule has 1 heterocycles. The molecule has 88 valence electrons. The van der Waals surface area contributed by atoms with E-state index < -0.39 is 0 Å². The van der Waals surface area contributed by atoms with E-state index in [1.54, 1.807) is 4.68 Å². The molecule has 0 unspecified atom stereocenters. The van der Waals surface area contributed by atoms with E-state index in [-0.39, 0.29) is 6.61 Å². The van der Waals surface area contributed by atoms with Crippen LogP contribution in [0.25, 0.3) is 11.3 Å². The number of rotatable bonds is 3. The van der Waals surface area contributed by atoms with Crippen LogP contribution in [0.1, 0.15) is 17.5 Å². The molecule has 3 heteroatoms. The molecule has 0 atom stereocenters. The molecule has 1 aliphatic rings. The number of aryl methyl sites for hydroxylation is 2. The third kappa shape index (κ3) is 1.98. The van der Waals surface area contributed by atoms with Crippen LogP contribution in [0.5, 0.6) is 0 Å². The average Bonchev–Trinajstić information content (AvgIpc) is 2.96. The molecule has 0 radical (unpaired) electrons. The van der Waals surface area contributed by atoms with Gasteiger partial charge in [-0.2, -0.15) is 5.10 Å². The van der Waals surface area contributed by atoms with Gasteiger partial charge in [-0.3, -0.25) is 4.68 Å². The molecule has 0 fully saturated rings. The second kappa shape index (κ2) is 4.34. The van der Waals surface area contributed by atoms with E-state index in [0.29, 0.717) is 6.54 Å². The Morgan fingerprint density at radius 3 is 2.94 bits per heavy atom. The normalized spacial score (nSPS) is 13.9. The zero-order valence-electron chi connectivity index (χ0n) is 9.76. The minimum absolute atomic E-state index is 0.130. The van der Waals surface area contributed by atoms with Crippen LogP contribution in [-0.4, -0.2) is 21.5 Å². The van der Waals surface area contributed by atoms with E-state index in [9.17, 15) is 0 Å². The molecule has 1 aromatic heterocycles. The maximum atomic E-state index is 8.87. The van der Waals surface area contributed by atoms with Crippen molar-refractivity contribution in [3.8, 4) is 11.3 Å². The number of nitrogens with zero attached hydrogens (tertiary/aromatic N) is 2. The van der Waals surface area contributed by atoms with Crippen LogP contribution in [0.3, 0.4) is 0 Å².